The summed E-state index contributed by atoms with van der Waals surface area (Å²) in [4.78, 5) is 0. The van der Waals surface area contributed by atoms with E-state index in [9.17, 15) is 0 Å². The van der Waals surface area contributed by atoms with Gasteiger partial charge in [-0.15, -0.1) is 0 Å². The molecule has 0 bridgehead atoms. The zero-order valence-electron chi connectivity index (χ0n) is 11.5. The van der Waals surface area contributed by atoms with Crippen molar-refractivity contribution in [3.63, 3.8) is 0 Å². The molecule has 0 aromatic carbocycles. The van der Waals surface area contributed by atoms with Gasteiger partial charge in [-0.25, -0.2) is 0 Å². The smallest absolute Gasteiger partial charge is 0.0700 e. The summed E-state index contributed by atoms with van der Waals surface area (Å²) in [7, 11) is 0. The number of hydrogen-bond acceptors (Lipinski definition) is 3. The highest BCUT2D eigenvalue weighted by Crippen LogP contribution is 2.28. The van der Waals surface area contributed by atoms with Crippen LogP contribution in [-0.4, -0.2) is 39.0 Å². The molecule has 1 aliphatic carbocycles. The third-order valence-electron chi connectivity index (χ3n) is 3.48. The fourth-order valence-electron chi connectivity index (χ4n) is 2.61. The van der Waals surface area contributed by atoms with Crippen molar-refractivity contribution >= 4 is 0 Å². The van der Waals surface area contributed by atoms with Gasteiger partial charge in [0.15, 0.2) is 0 Å². The molecule has 0 spiro atoms. The van der Waals surface area contributed by atoms with Gasteiger partial charge in [0.25, 0.3) is 0 Å². The molecule has 3 nitrogen and oxygen atoms in total. The normalized spacial score (nSPS) is 24.4. The maximum atomic E-state index is 5.62. The van der Waals surface area contributed by atoms with E-state index in [2.05, 4.69) is 19.2 Å². The van der Waals surface area contributed by atoms with E-state index < -0.39 is 0 Å². The van der Waals surface area contributed by atoms with Gasteiger partial charge in [-0.1, -0.05) is 20.3 Å². The van der Waals surface area contributed by atoms with Gasteiger partial charge in [-0.3, -0.25) is 0 Å². The van der Waals surface area contributed by atoms with Crippen molar-refractivity contribution in [2.75, 3.05) is 33.0 Å². The fraction of sp³-hybridized carbons (Fsp3) is 1.00. The molecule has 17 heavy (non-hydrogen) atoms. The molecule has 2 unspecified atom stereocenters. The number of ether oxygens (including phenoxy) is 2. The van der Waals surface area contributed by atoms with Gasteiger partial charge in [0.05, 0.1) is 13.2 Å². The van der Waals surface area contributed by atoms with Crippen molar-refractivity contribution in [1.82, 2.24) is 5.32 Å². The predicted octanol–water partition coefficient (Wildman–Crippen LogP) is 2.60. The summed E-state index contributed by atoms with van der Waals surface area (Å²) in [6.07, 6.45) is 6.38. The van der Waals surface area contributed by atoms with Gasteiger partial charge in [0.1, 0.15) is 0 Å². The third-order valence-corrected chi connectivity index (χ3v) is 3.48. The second-order valence-corrected chi connectivity index (χ2v) is 4.87. The molecule has 0 radical (unpaired) electrons. The first kappa shape index (κ1) is 14.9. The molecule has 1 rings (SSSR count). The Kier molecular flexibility index (Phi) is 8.67. The highest BCUT2D eigenvalue weighted by Gasteiger charge is 2.25. The summed E-state index contributed by atoms with van der Waals surface area (Å²) in [5.74, 6) is 0.825. The zero-order chi connectivity index (χ0) is 12.3. The largest absolute Gasteiger partial charge is 0.379 e. The highest BCUT2D eigenvalue weighted by molar-refractivity contribution is 4.82. The Bertz CT molecular complexity index is 176. The predicted molar refractivity (Wildman–Crippen MR) is 71.4 cm³/mol. The standard InChI is InChI=1S/C14H29NO2/c1-3-9-16-11-12-17-10-8-13-6-5-7-14(13)15-4-2/h13-15H,3-12H2,1-2H3. The van der Waals surface area contributed by atoms with Crippen molar-refractivity contribution in [1.29, 1.82) is 0 Å². The number of rotatable bonds is 10. The van der Waals surface area contributed by atoms with E-state index in [1.165, 1.54) is 25.7 Å². The highest BCUT2D eigenvalue weighted by atomic mass is 16.5. The summed E-state index contributed by atoms with van der Waals surface area (Å²) in [6.45, 7) is 8.65. The van der Waals surface area contributed by atoms with E-state index in [0.717, 1.165) is 51.4 Å². The van der Waals surface area contributed by atoms with Crippen LogP contribution in [0.5, 0.6) is 0 Å². The van der Waals surface area contributed by atoms with Crippen LogP contribution in [0.15, 0.2) is 0 Å². The Balaban J connectivity index is 1.94. The Morgan fingerprint density at radius 1 is 1.00 bits per heavy atom. The van der Waals surface area contributed by atoms with Crippen LogP contribution in [0, 0.1) is 5.92 Å². The van der Waals surface area contributed by atoms with Crippen LogP contribution in [0.2, 0.25) is 0 Å². The van der Waals surface area contributed by atoms with Gasteiger partial charge >= 0.3 is 0 Å². The van der Waals surface area contributed by atoms with E-state index >= 15 is 0 Å². The van der Waals surface area contributed by atoms with Gasteiger partial charge < -0.3 is 14.8 Å². The van der Waals surface area contributed by atoms with E-state index in [1.54, 1.807) is 0 Å². The molecule has 0 heterocycles. The maximum absolute atomic E-state index is 5.62. The average Bonchev–Trinajstić information content (AvgIpc) is 2.76. The van der Waals surface area contributed by atoms with Gasteiger partial charge in [-0.05, 0) is 38.1 Å². The molecule has 0 aliphatic heterocycles. The van der Waals surface area contributed by atoms with Gasteiger partial charge in [0.2, 0.25) is 0 Å². The Morgan fingerprint density at radius 2 is 1.76 bits per heavy atom. The molecule has 1 N–H and O–H groups in total. The Morgan fingerprint density at radius 3 is 2.47 bits per heavy atom. The van der Waals surface area contributed by atoms with Crippen molar-refractivity contribution < 1.29 is 9.47 Å². The second-order valence-electron chi connectivity index (χ2n) is 4.87. The summed E-state index contributed by atoms with van der Waals surface area (Å²) in [6, 6.07) is 0.736. The maximum Gasteiger partial charge on any atom is 0.0700 e. The van der Waals surface area contributed by atoms with Crippen molar-refractivity contribution in [3.8, 4) is 0 Å². The quantitative estimate of drug-likeness (QED) is 0.598. The zero-order valence-corrected chi connectivity index (χ0v) is 11.5. The Hall–Kier alpha value is -0.120. The molecule has 0 aromatic heterocycles. The van der Waals surface area contributed by atoms with E-state index in [4.69, 9.17) is 9.47 Å². The molecular formula is C14H29NO2. The summed E-state index contributed by atoms with van der Waals surface area (Å²) < 4.78 is 11.0. The topological polar surface area (TPSA) is 30.5 Å². The fourth-order valence-corrected chi connectivity index (χ4v) is 2.61. The van der Waals surface area contributed by atoms with Gasteiger partial charge in [0, 0.05) is 19.3 Å². The van der Waals surface area contributed by atoms with Crippen LogP contribution in [-0.2, 0) is 9.47 Å². The molecule has 0 amide bonds. The minimum absolute atomic E-state index is 0.736. The van der Waals surface area contributed by atoms with Crippen LogP contribution in [0.1, 0.15) is 46.0 Å². The molecular weight excluding hydrogens is 214 g/mol. The van der Waals surface area contributed by atoms with E-state index in [0.29, 0.717) is 0 Å². The monoisotopic (exact) mass is 243 g/mol. The van der Waals surface area contributed by atoms with Crippen LogP contribution in [0.25, 0.3) is 0 Å². The van der Waals surface area contributed by atoms with E-state index in [-0.39, 0.29) is 0 Å². The first-order valence-electron chi connectivity index (χ1n) is 7.27. The lowest BCUT2D eigenvalue weighted by atomic mass is 10.0. The van der Waals surface area contributed by atoms with Crippen LogP contribution in [0.4, 0.5) is 0 Å². The Labute approximate surface area is 106 Å². The molecule has 2 atom stereocenters. The number of nitrogens with one attached hydrogen (secondary N) is 1. The summed E-state index contributed by atoms with van der Waals surface area (Å²) in [5, 5.41) is 3.58. The lowest BCUT2D eigenvalue weighted by molar-refractivity contribution is 0.0422. The minimum Gasteiger partial charge on any atom is -0.379 e. The molecule has 1 aliphatic rings. The summed E-state index contributed by atoms with van der Waals surface area (Å²) in [5.41, 5.74) is 0. The number of hydrogen-bond donors (Lipinski definition) is 1. The first-order chi connectivity index (χ1) is 8.38. The lowest BCUT2D eigenvalue weighted by Crippen LogP contribution is -2.32. The molecule has 1 saturated carbocycles. The lowest BCUT2D eigenvalue weighted by Gasteiger charge is -2.20. The van der Waals surface area contributed by atoms with Crippen LogP contribution >= 0.6 is 0 Å². The molecule has 0 saturated heterocycles. The molecule has 3 heteroatoms. The average molecular weight is 243 g/mol. The molecule has 0 aromatic rings. The van der Waals surface area contributed by atoms with Crippen LogP contribution < -0.4 is 5.32 Å². The minimum atomic E-state index is 0.736. The van der Waals surface area contributed by atoms with E-state index in [1.807, 2.05) is 0 Å². The third kappa shape index (κ3) is 6.39. The van der Waals surface area contributed by atoms with Crippen molar-refractivity contribution in [3.05, 3.63) is 0 Å². The van der Waals surface area contributed by atoms with Crippen molar-refractivity contribution in [2.45, 2.75) is 52.0 Å². The SMILES string of the molecule is CCCOCCOCCC1CCCC1NCC. The first-order valence-corrected chi connectivity index (χ1v) is 7.27. The van der Waals surface area contributed by atoms with Gasteiger partial charge in [-0.2, -0.15) is 0 Å². The molecule has 102 valence electrons. The molecule has 1 fully saturated rings. The van der Waals surface area contributed by atoms with Crippen molar-refractivity contribution in [2.24, 2.45) is 5.92 Å². The van der Waals surface area contributed by atoms with Crippen LogP contribution in [0.3, 0.4) is 0 Å². The summed E-state index contributed by atoms with van der Waals surface area (Å²) >= 11 is 0. The second kappa shape index (κ2) is 9.86.